The molecule has 1 atom stereocenters. The SMILES string of the molecule is CCCOC(C)NC(=O)OCC. The van der Waals surface area contributed by atoms with Gasteiger partial charge in [-0.2, -0.15) is 0 Å². The van der Waals surface area contributed by atoms with Crippen molar-refractivity contribution in [2.75, 3.05) is 13.2 Å². The summed E-state index contributed by atoms with van der Waals surface area (Å²) >= 11 is 0. The minimum absolute atomic E-state index is 0.274. The third-order valence-electron chi connectivity index (χ3n) is 1.17. The van der Waals surface area contributed by atoms with E-state index in [1.807, 2.05) is 6.92 Å². The fourth-order valence-electron chi connectivity index (χ4n) is 0.675. The van der Waals surface area contributed by atoms with Crippen LogP contribution in [-0.4, -0.2) is 25.5 Å². The average molecular weight is 175 g/mol. The predicted molar refractivity (Wildman–Crippen MR) is 45.9 cm³/mol. The highest BCUT2D eigenvalue weighted by atomic mass is 16.6. The first-order valence-electron chi connectivity index (χ1n) is 4.25. The Balaban J connectivity index is 3.40. The van der Waals surface area contributed by atoms with Gasteiger partial charge in [0.1, 0.15) is 6.23 Å². The van der Waals surface area contributed by atoms with E-state index in [2.05, 4.69) is 10.1 Å². The predicted octanol–water partition coefficient (Wildman–Crippen LogP) is 1.51. The van der Waals surface area contributed by atoms with Crippen LogP contribution in [0.25, 0.3) is 0 Å². The van der Waals surface area contributed by atoms with Gasteiger partial charge in [0, 0.05) is 6.61 Å². The van der Waals surface area contributed by atoms with Crippen LogP contribution in [0.5, 0.6) is 0 Å². The molecule has 0 aliphatic heterocycles. The van der Waals surface area contributed by atoms with Crippen LogP contribution in [0.4, 0.5) is 4.79 Å². The fraction of sp³-hybridized carbons (Fsp3) is 0.875. The van der Waals surface area contributed by atoms with Crippen LogP contribution in [0, 0.1) is 0 Å². The van der Waals surface area contributed by atoms with Gasteiger partial charge in [0.05, 0.1) is 6.61 Å². The summed E-state index contributed by atoms with van der Waals surface area (Å²) in [5.41, 5.74) is 0. The Morgan fingerprint density at radius 1 is 1.50 bits per heavy atom. The minimum Gasteiger partial charge on any atom is -0.450 e. The van der Waals surface area contributed by atoms with Crippen molar-refractivity contribution in [1.82, 2.24) is 5.32 Å². The smallest absolute Gasteiger partial charge is 0.409 e. The lowest BCUT2D eigenvalue weighted by atomic mass is 10.5. The lowest BCUT2D eigenvalue weighted by Crippen LogP contribution is -2.35. The molecule has 0 bridgehead atoms. The van der Waals surface area contributed by atoms with E-state index >= 15 is 0 Å². The Kier molecular flexibility index (Phi) is 6.47. The maximum Gasteiger partial charge on any atom is 0.409 e. The van der Waals surface area contributed by atoms with E-state index in [4.69, 9.17) is 4.74 Å². The molecule has 4 heteroatoms. The van der Waals surface area contributed by atoms with Crippen LogP contribution in [0.3, 0.4) is 0 Å². The monoisotopic (exact) mass is 175 g/mol. The second kappa shape index (κ2) is 6.91. The molecular weight excluding hydrogens is 158 g/mol. The molecule has 1 amide bonds. The second-order valence-corrected chi connectivity index (χ2v) is 2.38. The number of ether oxygens (including phenoxy) is 2. The third kappa shape index (κ3) is 5.97. The van der Waals surface area contributed by atoms with Crippen LogP contribution in [0.15, 0.2) is 0 Å². The van der Waals surface area contributed by atoms with E-state index in [-0.39, 0.29) is 6.23 Å². The summed E-state index contributed by atoms with van der Waals surface area (Å²) in [6.07, 6.45) is 0.236. The van der Waals surface area contributed by atoms with E-state index in [0.717, 1.165) is 6.42 Å². The van der Waals surface area contributed by atoms with Crippen LogP contribution in [0.2, 0.25) is 0 Å². The number of amides is 1. The Labute approximate surface area is 73.2 Å². The molecule has 0 aliphatic rings. The van der Waals surface area contributed by atoms with Crippen molar-refractivity contribution in [2.24, 2.45) is 0 Å². The van der Waals surface area contributed by atoms with Crippen LogP contribution >= 0.6 is 0 Å². The third-order valence-corrected chi connectivity index (χ3v) is 1.17. The highest BCUT2D eigenvalue weighted by Gasteiger charge is 2.05. The topological polar surface area (TPSA) is 47.6 Å². The number of carbonyl (C=O) groups is 1. The molecule has 0 aromatic heterocycles. The van der Waals surface area contributed by atoms with Crippen LogP contribution in [-0.2, 0) is 9.47 Å². The summed E-state index contributed by atoms with van der Waals surface area (Å²) in [5.74, 6) is 0. The quantitative estimate of drug-likeness (QED) is 0.644. The summed E-state index contributed by atoms with van der Waals surface area (Å²) in [6.45, 7) is 6.57. The summed E-state index contributed by atoms with van der Waals surface area (Å²) in [5, 5.41) is 2.53. The van der Waals surface area contributed by atoms with Crippen molar-refractivity contribution in [1.29, 1.82) is 0 Å². The van der Waals surface area contributed by atoms with E-state index < -0.39 is 6.09 Å². The van der Waals surface area contributed by atoms with Crippen LogP contribution < -0.4 is 5.32 Å². The standard InChI is InChI=1S/C8H17NO3/c1-4-6-12-7(3)9-8(10)11-5-2/h7H,4-6H2,1-3H3,(H,9,10). The second-order valence-electron chi connectivity index (χ2n) is 2.38. The molecule has 0 aromatic rings. The molecule has 72 valence electrons. The summed E-state index contributed by atoms with van der Waals surface area (Å²) < 4.78 is 9.86. The maximum atomic E-state index is 10.8. The molecule has 1 N–H and O–H groups in total. The number of alkyl carbamates (subject to hydrolysis) is 1. The number of carbonyl (C=O) groups excluding carboxylic acids is 1. The molecule has 0 radical (unpaired) electrons. The van der Waals surface area contributed by atoms with Crippen molar-refractivity contribution in [2.45, 2.75) is 33.4 Å². The van der Waals surface area contributed by atoms with E-state index in [0.29, 0.717) is 13.2 Å². The number of rotatable bonds is 5. The van der Waals surface area contributed by atoms with Crippen LogP contribution in [0.1, 0.15) is 27.2 Å². The summed E-state index contributed by atoms with van der Waals surface area (Å²) in [4.78, 5) is 10.8. The molecule has 0 fully saturated rings. The Bertz CT molecular complexity index is 127. The first-order chi connectivity index (χ1) is 5.70. The molecule has 0 aliphatic carbocycles. The van der Waals surface area contributed by atoms with Crippen molar-refractivity contribution < 1.29 is 14.3 Å². The number of hydrogen-bond donors (Lipinski definition) is 1. The number of hydrogen-bond acceptors (Lipinski definition) is 3. The Morgan fingerprint density at radius 3 is 2.67 bits per heavy atom. The Hall–Kier alpha value is -0.770. The Morgan fingerprint density at radius 2 is 2.17 bits per heavy atom. The minimum atomic E-state index is -0.430. The maximum absolute atomic E-state index is 10.8. The first kappa shape index (κ1) is 11.2. The zero-order valence-corrected chi connectivity index (χ0v) is 7.92. The highest BCUT2D eigenvalue weighted by molar-refractivity contribution is 5.67. The highest BCUT2D eigenvalue weighted by Crippen LogP contribution is 1.89. The van der Waals surface area contributed by atoms with Crippen molar-refractivity contribution in [3.05, 3.63) is 0 Å². The molecule has 0 rings (SSSR count). The van der Waals surface area contributed by atoms with Crippen molar-refractivity contribution in [3.63, 3.8) is 0 Å². The van der Waals surface area contributed by atoms with E-state index in [1.165, 1.54) is 0 Å². The summed E-state index contributed by atoms with van der Waals surface area (Å²) in [6, 6.07) is 0. The molecule has 1 unspecified atom stereocenters. The van der Waals surface area contributed by atoms with Gasteiger partial charge in [0.2, 0.25) is 0 Å². The fourth-order valence-corrected chi connectivity index (χ4v) is 0.675. The van der Waals surface area contributed by atoms with Gasteiger partial charge >= 0.3 is 6.09 Å². The average Bonchev–Trinajstić information content (AvgIpc) is 2.01. The molecule has 4 nitrogen and oxygen atoms in total. The van der Waals surface area contributed by atoms with E-state index in [1.54, 1.807) is 13.8 Å². The van der Waals surface area contributed by atoms with Gasteiger partial charge in [-0.15, -0.1) is 0 Å². The van der Waals surface area contributed by atoms with Gasteiger partial charge in [0.25, 0.3) is 0 Å². The van der Waals surface area contributed by atoms with Gasteiger partial charge < -0.3 is 9.47 Å². The largest absolute Gasteiger partial charge is 0.450 e. The van der Waals surface area contributed by atoms with Crippen molar-refractivity contribution >= 4 is 6.09 Å². The van der Waals surface area contributed by atoms with Gasteiger partial charge in [-0.1, -0.05) is 6.92 Å². The number of nitrogens with one attached hydrogen (secondary N) is 1. The molecule has 0 saturated heterocycles. The molecular formula is C8H17NO3. The molecule has 0 aromatic carbocycles. The normalized spacial score (nSPS) is 12.2. The first-order valence-corrected chi connectivity index (χ1v) is 4.25. The lowest BCUT2D eigenvalue weighted by molar-refractivity contribution is 0.0387. The molecule has 0 saturated carbocycles. The van der Waals surface area contributed by atoms with E-state index in [9.17, 15) is 4.79 Å². The molecule has 0 heterocycles. The lowest BCUT2D eigenvalue weighted by Gasteiger charge is -2.13. The van der Waals surface area contributed by atoms with Gasteiger partial charge in [0.15, 0.2) is 0 Å². The van der Waals surface area contributed by atoms with Gasteiger partial charge in [-0.3, -0.25) is 5.32 Å². The zero-order chi connectivity index (χ0) is 9.40. The zero-order valence-electron chi connectivity index (χ0n) is 7.92. The molecule has 12 heavy (non-hydrogen) atoms. The van der Waals surface area contributed by atoms with Gasteiger partial charge in [-0.05, 0) is 20.3 Å². The van der Waals surface area contributed by atoms with Gasteiger partial charge in [-0.25, -0.2) is 4.79 Å². The molecule has 0 spiro atoms. The van der Waals surface area contributed by atoms with Crippen molar-refractivity contribution in [3.8, 4) is 0 Å². The summed E-state index contributed by atoms with van der Waals surface area (Å²) in [7, 11) is 0.